The van der Waals surface area contributed by atoms with Gasteiger partial charge < -0.3 is 19.5 Å². The molecule has 3 rings (SSSR count). The van der Waals surface area contributed by atoms with Crippen LogP contribution >= 0.6 is 0 Å². The van der Waals surface area contributed by atoms with E-state index < -0.39 is 18.0 Å². The summed E-state index contributed by atoms with van der Waals surface area (Å²) >= 11 is 0. The minimum atomic E-state index is -0.637. The largest absolute Gasteiger partial charge is 0.491 e. The van der Waals surface area contributed by atoms with Crippen LogP contribution in [0, 0.1) is 5.82 Å². The van der Waals surface area contributed by atoms with Gasteiger partial charge in [-0.15, -0.1) is 0 Å². The van der Waals surface area contributed by atoms with Gasteiger partial charge in [0.25, 0.3) is 0 Å². The fourth-order valence-corrected chi connectivity index (χ4v) is 3.41. The van der Waals surface area contributed by atoms with Crippen LogP contribution in [0.25, 0.3) is 0 Å². The summed E-state index contributed by atoms with van der Waals surface area (Å²) in [5.41, 5.74) is 1.94. The molecule has 2 aromatic rings. The lowest BCUT2D eigenvalue weighted by Gasteiger charge is -2.18. The van der Waals surface area contributed by atoms with Crippen LogP contribution in [0.5, 0.6) is 11.5 Å². The monoisotopic (exact) mass is 401 g/mol. The first kappa shape index (κ1) is 20.6. The van der Waals surface area contributed by atoms with Crippen molar-refractivity contribution in [2.75, 3.05) is 14.2 Å². The number of esters is 1. The van der Waals surface area contributed by atoms with Crippen LogP contribution in [-0.4, -0.2) is 32.1 Å². The number of fused-ring (bicyclic) bond motifs is 1. The summed E-state index contributed by atoms with van der Waals surface area (Å²) in [6.07, 6.45) is -0.731. The second kappa shape index (κ2) is 8.51. The van der Waals surface area contributed by atoms with Crippen molar-refractivity contribution >= 4 is 11.9 Å². The lowest BCUT2D eigenvalue weighted by atomic mass is 9.89. The maximum Gasteiger partial charge on any atom is 0.310 e. The average Bonchev–Trinajstić information content (AvgIpc) is 3.05. The van der Waals surface area contributed by atoms with Crippen molar-refractivity contribution in [3.8, 4) is 11.5 Å². The third-order valence-electron chi connectivity index (χ3n) is 4.74. The summed E-state index contributed by atoms with van der Waals surface area (Å²) in [6, 6.07) is 9.32. The molecule has 0 saturated carbocycles. The van der Waals surface area contributed by atoms with Crippen LogP contribution < -0.4 is 14.8 Å². The van der Waals surface area contributed by atoms with Gasteiger partial charge in [0.1, 0.15) is 29.3 Å². The van der Waals surface area contributed by atoms with Crippen molar-refractivity contribution in [3.63, 3.8) is 0 Å². The van der Waals surface area contributed by atoms with Crippen LogP contribution in [-0.2, 0) is 20.7 Å². The summed E-state index contributed by atoms with van der Waals surface area (Å²) in [4.78, 5) is 24.5. The molecule has 1 heterocycles. The molecular formula is C22H24FNO5. The molecule has 2 unspecified atom stereocenters. The summed E-state index contributed by atoms with van der Waals surface area (Å²) in [7, 11) is 2.88. The van der Waals surface area contributed by atoms with Crippen molar-refractivity contribution in [2.24, 2.45) is 0 Å². The molecule has 29 heavy (non-hydrogen) atoms. The third kappa shape index (κ3) is 4.34. The fraction of sp³-hybridized carbons (Fsp3) is 0.364. The third-order valence-corrected chi connectivity index (χ3v) is 4.74. The number of hydrogen-bond acceptors (Lipinski definition) is 5. The number of amides is 1. The first-order valence-corrected chi connectivity index (χ1v) is 9.38. The Hall–Kier alpha value is -3.09. The Kier molecular flexibility index (Phi) is 6.06. The van der Waals surface area contributed by atoms with E-state index in [2.05, 4.69) is 5.32 Å². The number of carbonyl (C=O) groups excluding carboxylic acids is 2. The van der Waals surface area contributed by atoms with Crippen LogP contribution in [0.15, 0.2) is 36.4 Å². The maximum atomic E-state index is 13.4. The number of nitrogens with one attached hydrogen (secondary N) is 1. The van der Waals surface area contributed by atoms with E-state index in [1.807, 2.05) is 13.8 Å². The topological polar surface area (TPSA) is 73.9 Å². The summed E-state index contributed by atoms with van der Waals surface area (Å²) in [5.74, 6) is -0.649. The summed E-state index contributed by atoms with van der Waals surface area (Å²) in [6.45, 7) is 3.76. The molecule has 2 aromatic carbocycles. The van der Waals surface area contributed by atoms with Gasteiger partial charge in [-0.05, 0) is 43.7 Å². The second-order valence-electron chi connectivity index (χ2n) is 7.10. The highest BCUT2D eigenvalue weighted by Gasteiger charge is 2.41. The molecule has 0 fully saturated rings. The molecule has 0 radical (unpaired) electrons. The van der Waals surface area contributed by atoms with Gasteiger partial charge in [0.2, 0.25) is 5.91 Å². The maximum absolute atomic E-state index is 13.4. The normalized spacial score (nSPS) is 17.4. The van der Waals surface area contributed by atoms with Crippen LogP contribution in [0.2, 0.25) is 0 Å². The number of likely N-dealkylation sites (N-methyl/N-ethyl adjacent to an activating group) is 1. The Morgan fingerprint density at radius 2 is 1.90 bits per heavy atom. The molecular weight excluding hydrogens is 377 g/mol. The van der Waals surface area contributed by atoms with E-state index >= 15 is 0 Å². The van der Waals surface area contributed by atoms with Gasteiger partial charge in [-0.2, -0.15) is 0 Å². The molecule has 0 aromatic heterocycles. The van der Waals surface area contributed by atoms with Crippen molar-refractivity contribution in [2.45, 2.75) is 38.4 Å². The Balaban J connectivity index is 2.08. The van der Waals surface area contributed by atoms with Gasteiger partial charge in [0.05, 0.1) is 19.6 Å². The highest BCUT2D eigenvalue weighted by atomic mass is 19.1. The number of methoxy groups -OCH3 is 1. The smallest absolute Gasteiger partial charge is 0.310 e. The molecule has 0 aliphatic carbocycles. The predicted octanol–water partition coefficient (Wildman–Crippen LogP) is 3.29. The molecule has 6 nitrogen and oxygen atoms in total. The molecule has 7 heteroatoms. The van der Waals surface area contributed by atoms with Gasteiger partial charge in [-0.1, -0.05) is 12.1 Å². The van der Waals surface area contributed by atoms with E-state index in [9.17, 15) is 14.0 Å². The lowest BCUT2D eigenvalue weighted by molar-refractivity contribution is -0.139. The number of halogens is 1. The minimum absolute atomic E-state index is 0.0149. The van der Waals surface area contributed by atoms with Gasteiger partial charge >= 0.3 is 5.97 Å². The molecule has 0 bridgehead atoms. The fourth-order valence-electron chi connectivity index (χ4n) is 3.41. The first-order chi connectivity index (χ1) is 13.8. The zero-order chi connectivity index (χ0) is 21.1. The SMILES string of the molecule is CNC(=O)C1c2cc(OC(C)C)c(CC(=O)OC)cc2OC1c1ccc(F)cc1. The summed E-state index contributed by atoms with van der Waals surface area (Å²) < 4.78 is 30.1. The quantitative estimate of drug-likeness (QED) is 0.752. The number of benzene rings is 2. The molecule has 1 aliphatic heterocycles. The zero-order valence-electron chi connectivity index (χ0n) is 16.8. The highest BCUT2D eigenvalue weighted by Crippen LogP contribution is 2.48. The molecule has 1 aliphatic rings. The van der Waals surface area contributed by atoms with E-state index in [0.29, 0.717) is 28.2 Å². The predicted molar refractivity (Wildman–Crippen MR) is 105 cm³/mol. The molecule has 1 amide bonds. The second-order valence-corrected chi connectivity index (χ2v) is 7.10. The van der Waals surface area contributed by atoms with E-state index in [1.165, 1.54) is 19.2 Å². The van der Waals surface area contributed by atoms with Gasteiger partial charge in [-0.3, -0.25) is 9.59 Å². The number of rotatable bonds is 6. The summed E-state index contributed by atoms with van der Waals surface area (Å²) in [5, 5.41) is 2.67. The van der Waals surface area contributed by atoms with Gasteiger partial charge in [0, 0.05) is 18.2 Å². The lowest BCUT2D eigenvalue weighted by Crippen LogP contribution is -2.29. The van der Waals surface area contributed by atoms with Gasteiger partial charge in [0.15, 0.2) is 0 Å². The van der Waals surface area contributed by atoms with E-state index in [-0.39, 0.29) is 24.2 Å². The van der Waals surface area contributed by atoms with Crippen molar-refractivity contribution in [3.05, 3.63) is 58.9 Å². The van der Waals surface area contributed by atoms with E-state index in [1.54, 1.807) is 31.3 Å². The average molecular weight is 401 g/mol. The molecule has 1 N–H and O–H groups in total. The van der Waals surface area contributed by atoms with Crippen LogP contribution in [0.4, 0.5) is 4.39 Å². The van der Waals surface area contributed by atoms with E-state index in [0.717, 1.165) is 0 Å². The van der Waals surface area contributed by atoms with Crippen molar-refractivity contribution in [1.29, 1.82) is 0 Å². The Morgan fingerprint density at radius 1 is 1.21 bits per heavy atom. The zero-order valence-corrected chi connectivity index (χ0v) is 16.8. The minimum Gasteiger partial charge on any atom is -0.491 e. The van der Waals surface area contributed by atoms with Crippen molar-refractivity contribution in [1.82, 2.24) is 5.32 Å². The molecule has 0 saturated heterocycles. The number of carbonyl (C=O) groups is 2. The van der Waals surface area contributed by atoms with Crippen LogP contribution in [0.3, 0.4) is 0 Å². The number of hydrogen-bond donors (Lipinski definition) is 1. The number of ether oxygens (including phenoxy) is 3. The highest BCUT2D eigenvalue weighted by molar-refractivity contribution is 5.86. The molecule has 2 atom stereocenters. The van der Waals surface area contributed by atoms with Gasteiger partial charge in [-0.25, -0.2) is 4.39 Å². The van der Waals surface area contributed by atoms with Crippen LogP contribution in [0.1, 0.15) is 42.6 Å². The Bertz CT molecular complexity index is 910. The Morgan fingerprint density at radius 3 is 2.48 bits per heavy atom. The molecule has 154 valence electrons. The standard InChI is InChI=1S/C22H24FNO5/c1-12(2)28-17-11-16-18(9-14(17)10-19(25)27-4)29-21(20(16)22(26)24-3)13-5-7-15(23)8-6-13/h5-9,11-12,20-21H,10H2,1-4H3,(H,24,26). The van der Waals surface area contributed by atoms with E-state index in [4.69, 9.17) is 14.2 Å². The first-order valence-electron chi connectivity index (χ1n) is 9.38. The Labute approximate surface area is 169 Å². The van der Waals surface area contributed by atoms with Crippen molar-refractivity contribution < 1.29 is 28.2 Å². The molecule has 0 spiro atoms.